The smallest absolute Gasteiger partial charge is 0.274 e. The Bertz CT molecular complexity index is 1980. The van der Waals surface area contributed by atoms with E-state index in [4.69, 9.17) is 10.7 Å². The Morgan fingerprint density at radius 1 is 1.00 bits per heavy atom. The minimum atomic E-state index is -0.734. The average Bonchev–Trinajstić information content (AvgIpc) is 3.72. The Morgan fingerprint density at radius 3 is 2.48 bits per heavy atom. The van der Waals surface area contributed by atoms with Crippen LogP contribution in [0.2, 0.25) is 0 Å². The van der Waals surface area contributed by atoms with Crippen LogP contribution in [0.1, 0.15) is 67.8 Å². The summed E-state index contributed by atoms with van der Waals surface area (Å²) in [5, 5.41) is 7.72. The molecule has 0 bridgehead atoms. The van der Waals surface area contributed by atoms with Crippen molar-refractivity contribution in [3.8, 4) is 11.1 Å². The third-order valence-corrected chi connectivity index (χ3v) is 9.91. The van der Waals surface area contributed by atoms with Crippen LogP contribution >= 0.6 is 0 Å². The molecule has 3 aromatic carbocycles. The Morgan fingerprint density at radius 2 is 1.76 bits per heavy atom. The van der Waals surface area contributed by atoms with Crippen molar-refractivity contribution in [3.05, 3.63) is 81.7 Å². The highest BCUT2D eigenvalue weighted by atomic mass is 19.1. The van der Waals surface area contributed by atoms with Crippen LogP contribution in [0, 0.1) is 30.5 Å². The van der Waals surface area contributed by atoms with Crippen molar-refractivity contribution in [1.82, 2.24) is 20.2 Å². The molecule has 9 nitrogen and oxygen atoms in total. The van der Waals surface area contributed by atoms with Gasteiger partial charge in [-0.05, 0) is 111 Å². The minimum absolute atomic E-state index is 0.0809. The van der Waals surface area contributed by atoms with Crippen molar-refractivity contribution in [3.63, 3.8) is 0 Å². The number of amides is 1. The zero-order chi connectivity index (χ0) is 31.9. The number of nitrogens with two attached hydrogens (primary N) is 1. The van der Waals surface area contributed by atoms with E-state index < -0.39 is 17.3 Å². The lowest BCUT2D eigenvalue weighted by molar-refractivity contribution is -0.129. The molecule has 5 aromatic rings. The van der Waals surface area contributed by atoms with Gasteiger partial charge in [0.2, 0.25) is 5.91 Å². The molecular weight excluding hydrogens is 583 g/mol. The number of carbonyl (C=O) groups excluding carboxylic acids is 2. The second-order valence-corrected chi connectivity index (χ2v) is 13.3. The molecular formula is C36H39FN6O3. The SMILES string of the molecule is Cc1cc2[nH]c(C3CC3)nc2cc1-c1ccc(C[C@H](CC(=O)C2CCC(CN)CC2)C(=O)Nc2cc(F)c3c(=O)[nH][nH]c3c2)cc1. The molecule has 0 radical (unpaired) electrons. The van der Waals surface area contributed by atoms with Crippen molar-refractivity contribution in [2.45, 2.75) is 64.2 Å². The van der Waals surface area contributed by atoms with Gasteiger partial charge in [0.15, 0.2) is 0 Å². The summed E-state index contributed by atoms with van der Waals surface area (Å²) in [7, 11) is 0. The van der Waals surface area contributed by atoms with Gasteiger partial charge >= 0.3 is 0 Å². The second kappa shape index (κ2) is 12.3. The van der Waals surface area contributed by atoms with Crippen molar-refractivity contribution in [2.24, 2.45) is 23.5 Å². The van der Waals surface area contributed by atoms with E-state index in [-0.39, 0.29) is 40.6 Å². The van der Waals surface area contributed by atoms with E-state index in [9.17, 15) is 18.8 Å². The Hall–Kier alpha value is -4.57. The summed E-state index contributed by atoms with van der Waals surface area (Å²) in [5.74, 6) is 0.307. The lowest BCUT2D eigenvalue weighted by atomic mass is 9.77. The summed E-state index contributed by atoms with van der Waals surface area (Å²) >= 11 is 0. The number of benzene rings is 3. The van der Waals surface area contributed by atoms with Crippen LogP contribution < -0.4 is 16.6 Å². The number of halogens is 1. The van der Waals surface area contributed by atoms with Gasteiger partial charge in [0, 0.05) is 29.9 Å². The first-order chi connectivity index (χ1) is 22.2. The first-order valence-electron chi connectivity index (χ1n) is 16.3. The number of anilines is 1. The number of nitrogens with zero attached hydrogens (tertiary/aromatic N) is 1. The number of Topliss-reactive ketones (excluding diaryl/α,β-unsaturated/α-hetero) is 1. The number of fused-ring (bicyclic) bond motifs is 2. The maximum absolute atomic E-state index is 14.7. The van der Waals surface area contributed by atoms with E-state index in [1.807, 2.05) is 24.3 Å². The monoisotopic (exact) mass is 622 g/mol. The predicted molar refractivity (Wildman–Crippen MR) is 177 cm³/mol. The molecule has 1 amide bonds. The number of nitrogens with one attached hydrogen (secondary N) is 4. The molecule has 2 heterocycles. The first kappa shape index (κ1) is 30.1. The minimum Gasteiger partial charge on any atom is -0.342 e. The summed E-state index contributed by atoms with van der Waals surface area (Å²) < 4.78 is 14.7. The number of hydrogen-bond acceptors (Lipinski definition) is 5. The molecule has 2 aromatic heterocycles. The highest BCUT2D eigenvalue weighted by Crippen LogP contribution is 2.40. The van der Waals surface area contributed by atoms with Crippen molar-refractivity contribution in [2.75, 3.05) is 11.9 Å². The Labute approximate surface area is 265 Å². The number of rotatable bonds is 10. The van der Waals surface area contributed by atoms with Gasteiger partial charge in [-0.25, -0.2) is 9.37 Å². The summed E-state index contributed by atoms with van der Waals surface area (Å²) in [6.45, 7) is 2.72. The highest BCUT2D eigenvalue weighted by Gasteiger charge is 2.30. The summed E-state index contributed by atoms with van der Waals surface area (Å²) in [5.41, 5.74) is 12.0. The maximum atomic E-state index is 14.7. The predicted octanol–water partition coefficient (Wildman–Crippen LogP) is 6.25. The molecule has 10 heteroatoms. The lowest BCUT2D eigenvalue weighted by Gasteiger charge is -2.27. The molecule has 46 heavy (non-hydrogen) atoms. The number of hydrogen-bond donors (Lipinski definition) is 5. The van der Waals surface area contributed by atoms with Crippen molar-refractivity contribution in [1.29, 1.82) is 0 Å². The van der Waals surface area contributed by atoms with E-state index in [0.717, 1.165) is 70.9 Å². The van der Waals surface area contributed by atoms with Gasteiger partial charge in [0.05, 0.1) is 16.6 Å². The highest BCUT2D eigenvalue weighted by molar-refractivity contribution is 5.97. The largest absolute Gasteiger partial charge is 0.342 e. The van der Waals surface area contributed by atoms with Crippen LogP contribution in [0.5, 0.6) is 0 Å². The van der Waals surface area contributed by atoms with Gasteiger partial charge < -0.3 is 16.0 Å². The number of aryl methyl sites for hydroxylation is 1. The number of carbonyl (C=O) groups is 2. The summed E-state index contributed by atoms with van der Waals surface area (Å²) in [6, 6.07) is 15.0. The maximum Gasteiger partial charge on any atom is 0.274 e. The van der Waals surface area contributed by atoms with Crippen LogP contribution in [0.15, 0.2) is 53.3 Å². The van der Waals surface area contributed by atoms with Crippen molar-refractivity contribution >= 4 is 39.3 Å². The van der Waals surface area contributed by atoms with Crippen LogP contribution in [-0.2, 0) is 16.0 Å². The molecule has 0 saturated heterocycles. The van der Waals surface area contributed by atoms with Gasteiger partial charge in [-0.15, -0.1) is 0 Å². The molecule has 2 aliphatic rings. The van der Waals surface area contributed by atoms with Crippen molar-refractivity contribution < 1.29 is 14.0 Å². The molecule has 2 saturated carbocycles. The summed E-state index contributed by atoms with van der Waals surface area (Å²) in [4.78, 5) is 47.4. The van der Waals surface area contributed by atoms with E-state index in [1.54, 1.807) is 0 Å². The van der Waals surface area contributed by atoms with Gasteiger partial charge in [0.1, 0.15) is 22.8 Å². The Balaban J connectivity index is 1.11. The Kier molecular flexibility index (Phi) is 8.06. The van der Waals surface area contributed by atoms with E-state index >= 15 is 0 Å². The topological polar surface area (TPSA) is 150 Å². The molecule has 238 valence electrons. The number of ketones is 1. The molecule has 0 unspecified atom stereocenters. The summed E-state index contributed by atoms with van der Waals surface area (Å²) in [6.07, 6.45) is 6.23. The van der Waals surface area contributed by atoms with Gasteiger partial charge in [-0.1, -0.05) is 24.3 Å². The van der Waals surface area contributed by atoms with E-state index in [2.05, 4.69) is 39.6 Å². The fourth-order valence-electron chi connectivity index (χ4n) is 6.98. The van der Waals surface area contributed by atoms with Crippen LogP contribution in [0.3, 0.4) is 0 Å². The van der Waals surface area contributed by atoms with Crippen LogP contribution in [-0.4, -0.2) is 38.4 Å². The lowest BCUT2D eigenvalue weighted by Crippen LogP contribution is -2.31. The molecule has 0 aliphatic heterocycles. The fraction of sp³-hybridized carbons (Fsp3) is 0.389. The zero-order valence-electron chi connectivity index (χ0n) is 25.9. The number of aromatic nitrogens is 4. The van der Waals surface area contributed by atoms with E-state index in [1.165, 1.54) is 18.9 Å². The number of H-pyrrole nitrogens is 3. The van der Waals surface area contributed by atoms with Crippen LogP contribution in [0.25, 0.3) is 33.1 Å². The van der Waals surface area contributed by atoms with E-state index in [0.29, 0.717) is 24.8 Å². The third-order valence-electron chi connectivity index (χ3n) is 9.91. The number of imidazole rings is 1. The van der Waals surface area contributed by atoms with Gasteiger partial charge in [-0.2, -0.15) is 0 Å². The first-order valence-corrected chi connectivity index (χ1v) is 16.3. The molecule has 2 fully saturated rings. The van der Waals surface area contributed by atoms with Gasteiger partial charge in [-0.3, -0.25) is 24.6 Å². The normalized spacial score (nSPS) is 19.0. The quantitative estimate of drug-likeness (QED) is 0.125. The second-order valence-electron chi connectivity index (χ2n) is 13.3. The standard InChI is InChI=1S/C36H39FN6O3/c1-19-12-29-30(41-34(40-29)24-10-11-24)17-27(19)22-6-2-20(3-7-22)13-25(14-32(44)23-8-4-21(18-38)5-9-23)35(45)39-26-15-28(37)33-31(16-26)42-43-36(33)46/h2-3,6-7,12,15-17,21,23-25H,4-5,8-11,13-14,18,38H2,1H3,(H,39,45)(H,40,41)(H2,42,43,46)/t21?,23?,25-/m1/s1. The third kappa shape index (κ3) is 6.13. The number of aromatic amines is 3. The van der Waals surface area contributed by atoms with Crippen LogP contribution in [0.4, 0.5) is 10.1 Å². The molecule has 7 rings (SSSR count). The molecule has 6 N–H and O–H groups in total. The van der Waals surface area contributed by atoms with Gasteiger partial charge in [0.25, 0.3) is 5.56 Å². The average molecular weight is 623 g/mol. The fourth-order valence-corrected chi connectivity index (χ4v) is 6.98. The molecule has 0 spiro atoms. The molecule has 2 aliphatic carbocycles. The molecule has 1 atom stereocenters. The zero-order valence-corrected chi connectivity index (χ0v) is 25.9.